The molecule has 114 valence electrons. The van der Waals surface area contributed by atoms with E-state index in [2.05, 4.69) is 6.92 Å². The summed E-state index contributed by atoms with van der Waals surface area (Å²) in [6.45, 7) is 2.81. The number of unbranched alkanes of at least 4 members (excludes halogenated alkanes) is 1. The molecule has 0 aliphatic heterocycles. The maximum absolute atomic E-state index is 13.8. The van der Waals surface area contributed by atoms with Gasteiger partial charge in [-0.15, -0.1) is 0 Å². The molecule has 1 aromatic rings. The van der Waals surface area contributed by atoms with Crippen molar-refractivity contribution in [1.82, 2.24) is 0 Å². The Bertz CT molecular complexity index is 507. The van der Waals surface area contributed by atoms with Crippen molar-refractivity contribution in [2.45, 2.75) is 32.6 Å². The van der Waals surface area contributed by atoms with Crippen molar-refractivity contribution in [3.8, 4) is 5.75 Å². The standard InChI is InChI=1S/C17H21FO3/c1-2-3-10-20-16-9-6-13(12-15(16)18)5-4-11-21-17(19)14-7-8-14/h4-6,9,12,14H,2-3,7-8,10-11H2,1H3/b5-4+. The maximum Gasteiger partial charge on any atom is 0.309 e. The number of ether oxygens (including phenoxy) is 2. The van der Waals surface area contributed by atoms with Crippen molar-refractivity contribution in [1.29, 1.82) is 0 Å². The van der Waals surface area contributed by atoms with Crippen LogP contribution in [0.4, 0.5) is 4.39 Å². The Labute approximate surface area is 124 Å². The zero-order valence-corrected chi connectivity index (χ0v) is 12.3. The van der Waals surface area contributed by atoms with E-state index in [1.807, 2.05) is 0 Å². The van der Waals surface area contributed by atoms with E-state index >= 15 is 0 Å². The van der Waals surface area contributed by atoms with E-state index in [1.54, 1.807) is 24.3 Å². The molecule has 0 saturated heterocycles. The second kappa shape index (κ2) is 7.81. The topological polar surface area (TPSA) is 35.5 Å². The van der Waals surface area contributed by atoms with E-state index in [4.69, 9.17) is 9.47 Å². The fourth-order valence-electron chi connectivity index (χ4n) is 1.82. The van der Waals surface area contributed by atoms with Crippen molar-refractivity contribution in [3.63, 3.8) is 0 Å². The Morgan fingerprint density at radius 2 is 2.24 bits per heavy atom. The summed E-state index contributed by atoms with van der Waals surface area (Å²) in [5.74, 6) is -0.120. The third kappa shape index (κ3) is 5.21. The molecular weight excluding hydrogens is 271 g/mol. The van der Waals surface area contributed by atoms with Gasteiger partial charge in [-0.2, -0.15) is 0 Å². The van der Waals surface area contributed by atoms with E-state index in [1.165, 1.54) is 6.07 Å². The van der Waals surface area contributed by atoms with Gasteiger partial charge in [-0.25, -0.2) is 4.39 Å². The molecule has 0 bridgehead atoms. The number of carbonyl (C=O) groups is 1. The first-order chi connectivity index (χ1) is 10.2. The summed E-state index contributed by atoms with van der Waals surface area (Å²) < 4.78 is 24.2. The zero-order valence-electron chi connectivity index (χ0n) is 12.3. The summed E-state index contributed by atoms with van der Waals surface area (Å²) in [6, 6.07) is 4.82. The first-order valence-corrected chi connectivity index (χ1v) is 7.46. The molecule has 2 rings (SSSR count). The quantitative estimate of drug-likeness (QED) is 0.537. The lowest BCUT2D eigenvalue weighted by molar-refractivity contribution is -0.143. The van der Waals surface area contributed by atoms with Crippen LogP contribution in [0, 0.1) is 11.7 Å². The van der Waals surface area contributed by atoms with Gasteiger partial charge in [-0.05, 0) is 43.0 Å². The van der Waals surface area contributed by atoms with Gasteiger partial charge >= 0.3 is 5.97 Å². The third-order valence-corrected chi connectivity index (χ3v) is 3.25. The van der Waals surface area contributed by atoms with Crippen LogP contribution in [-0.4, -0.2) is 19.2 Å². The van der Waals surface area contributed by atoms with Crippen LogP contribution in [0.2, 0.25) is 0 Å². The van der Waals surface area contributed by atoms with Crippen molar-refractivity contribution >= 4 is 12.0 Å². The van der Waals surface area contributed by atoms with E-state index < -0.39 is 0 Å². The predicted molar refractivity (Wildman–Crippen MR) is 79.5 cm³/mol. The lowest BCUT2D eigenvalue weighted by atomic mass is 10.2. The normalized spacial score (nSPS) is 14.4. The molecule has 0 radical (unpaired) electrons. The lowest BCUT2D eigenvalue weighted by Gasteiger charge is -2.06. The Morgan fingerprint density at radius 1 is 1.43 bits per heavy atom. The van der Waals surface area contributed by atoms with Gasteiger partial charge in [-0.1, -0.05) is 25.5 Å². The van der Waals surface area contributed by atoms with Gasteiger partial charge < -0.3 is 9.47 Å². The number of benzene rings is 1. The minimum absolute atomic E-state index is 0.107. The van der Waals surface area contributed by atoms with Gasteiger partial charge in [0.25, 0.3) is 0 Å². The molecule has 1 aliphatic carbocycles. The summed E-state index contributed by atoms with van der Waals surface area (Å²) in [6.07, 6.45) is 7.25. The molecule has 3 nitrogen and oxygen atoms in total. The number of hydrogen-bond donors (Lipinski definition) is 0. The Kier molecular flexibility index (Phi) is 5.78. The van der Waals surface area contributed by atoms with E-state index in [0.717, 1.165) is 31.2 Å². The third-order valence-electron chi connectivity index (χ3n) is 3.25. The molecule has 21 heavy (non-hydrogen) atoms. The molecule has 1 fully saturated rings. The summed E-state index contributed by atoms with van der Waals surface area (Å²) >= 11 is 0. The van der Waals surface area contributed by atoms with Crippen molar-refractivity contribution in [2.24, 2.45) is 5.92 Å². The van der Waals surface area contributed by atoms with Crippen LogP contribution in [0.5, 0.6) is 5.75 Å². The maximum atomic E-state index is 13.8. The fourth-order valence-corrected chi connectivity index (χ4v) is 1.82. The zero-order chi connectivity index (χ0) is 15.1. The molecule has 0 spiro atoms. The molecule has 1 aliphatic rings. The number of hydrogen-bond acceptors (Lipinski definition) is 3. The Hall–Kier alpha value is -1.84. The van der Waals surface area contributed by atoms with Crippen molar-refractivity contribution in [3.05, 3.63) is 35.7 Å². The molecule has 0 amide bonds. The molecule has 1 saturated carbocycles. The highest BCUT2D eigenvalue weighted by atomic mass is 19.1. The average Bonchev–Trinajstić information content (AvgIpc) is 3.30. The fraction of sp³-hybridized carbons (Fsp3) is 0.471. The molecule has 0 N–H and O–H groups in total. The van der Waals surface area contributed by atoms with Crippen LogP contribution in [0.15, 0.2) is 24.3 Å². The highest BCUT2D eigenvalue weighted by Gasteiger charge is 2.30. The smallest absolute Gasteiger partial charge is 0.309 e. The van der Waals surface area contributed by atoms with Crippen LogP contribution >= 0.6 is 0 Å². The summed E-state index contributed by atoms with van der Waals surface area (Å²) in [5.41, 5.74) is 0.720. The van der Waals surface area contributed by atoms with Crippen molar-refractivity contribution in [2.75, 3.05) is 13.2 Å². The molecule has 0 aromatic heterocycles. The second-order valence-corrected chi connectivity index (χ2v) is 5.20. The van der Waals surface area contributed by atoms with Gasteiger partial charge in [0.1, 0.15) is 6.61 Å². The summed E-state index contributed by atoms with van der Waals surface area (Å²) in [5, 5.41) is 0. The Balaban J connectivity index is 1.79. The molecule has 1 aromatic carbocycles. The van der Waals surface area contributed by atoms with Gasteiger partial charge in [0.05, 0.1) is 12.5 Å². The van der Waals surface area contributed by atoms with Gasteiger partial charge in [0.15, 0.2) is 11.6 Å². The lowest BCUT2D eigenvalue weighted by Crippen LogP contribution is -2.05. The molecule has 0 heterocycles. The van der Waals surface area contributed by atoms with Gasteiger partial charge in [0.2, 0.25) is 0 Å². The van der Waals surface area contributed by atoms with E-state index in [0.29, 0.717) is 6.61 Å². The first kappa shape index (κ1) is 15.5. The van der Waals surface area contributed by atoms with Gasteiger partial charge in [-0.3, -0.25) is 4.79 Å². The minimum Gasteiger partial charge on any atom is -0.491 e. The summed E-state index contributed by atoms with van der Waals surface area (Å²) in [4.78, 5) is 11.3. The first-order valence-electron chi connectivity index (χ1n) is 7.46. The largest absolute Gasteiger partial charge is 0.491 e. The molecular formula is C17H21FO3. The van der Waals surface area contributed by atoms with E-state index in [-0.39, 0.29) is 30.1 Å². The molecule has 4 heteroatoms. The van der Waals surface area contributed by atoms with Crippen LogP contribution in [0.1, 0.15) is 38.2 Å². The molecule has 0 atom stereocenters. The summed E-state index contributed by atoms with van der Waals surface area (Å²) in [7, 11) is 0. The second-order valence-electron chi connectivity index (χ2n) is 5.20. The van der Waals surface area contributed by atoms with Crippen LogP contribution < -0.4 is 4.74 Å². The number of halogens is 1. The number of rotatable bonds is 8. The number of carbonyl (C=O) groups excluding carboxylic acids is 1. The van der Waals surface area contributed by atoms with Crippen LogP contribution in [-0.2, 0) is 9.53 Å². The Morgan fingerprint density at radius 3 is 2.90 bits per heavy atom. The minimum atomic E-state index is -0.372. The van der Waals surface area contributed by atoms with Crippen molar-refractivity contribution < 1.29 is 18.7 Å². The highest BCUT2D eigenvalue weighted by Crippen LogP contribution is 2.30. The van der Waals surface area contributed by atoms with Crippen LogP contribution in [0.25, 0.3) is 6.08 Å². The monoisotopic (exact) mass is 292 g/mol. The number of esters is 1. The van der Waals surface area contributed by atoms with Gasteiger partial charge in [0, 0.05) is 0 Å². The SMILES string of the molecule is CCCCOc1ccc(/C=C/COC(=O)C2CC2)cc1F. The predicted octanol–water partition coefficient (Wildman–Crippen LogP) is 3.97. The van der Waals surface area contributed by atoms with E-state index in [9.17, 15) is 9.18 Å². The average molecular weight is 292 g/mol. The molecule has 0 unspecified atom stereocenters. The highest BCUT2D eigenvalue weighted by molar-refractivity contribution is 5.75. The van der Waals surface area contributed by atoms with Crippen LogP contribution in [0.3, 0.4) is 0 Å².